The average molecular weight is 390 g/mol. The van der Waals surface area contributed by atoms with Crippen molar-refractivity contribution in [3.8, 4) is 5.75 Å². The second kappa shape index (κ2) is 8.05. The van der Waals surface area contributed by atoms with Crippen molar-refractivity contribution in [3.05, 3.63) is 59.2 Å². The van der Waals surface area contributed by atoms with E-state index in [4.69, 9.17) is 9.88 Å². The summed E-state index contributed by atoms with van der Waals surface area (Å²) in [6, 6.07) is 11.5. The lowest BCUT2D eigenvalue weighted by Gasteiger charge is -2.15. The first kappa shape index (κ1) is 19.3. The number of hydrogen-bond acceptors (Lipinski definition) is 6. The Bertz CT molecular complexity index is 940. The second-order valence-electron chi connectivity index (χ2n) is 6.29. The summed E-state index contributed by atoms with van der Waals surface area (Å²) in [6.07, 6.45) is 0. The zero-order chi connectivity index (χ0) is 19.4. The van der Waals surface area contributed by atoms with Gasteiger partial charge in [0.05, 0.1) is 12.0 Å². The molecule has 0 atom stereocenters. The molecule has 0 radical (unpaired) electrons. The Labute approximate surface area is 158 Å². The number of rotatable bonds is 6. The summed E-state index contributed by atoms with van der Waals surface area (Å²) >= 11 is 0. The van der Waals surface area contributed by atoms with Crippen LogP contribution in [0.5, 0.6) is 5.75 Å². The van der Waals surface area contributed by atoms with Gasteiger partial charge >= 0.3 is 0 Å². The van der Waals surface area contributed by atoms with Crippen molar-refractivity contribution in [2.45, 2.75) is 17.4 Å². The fraction of sp³-hybridized carbons (Fsp3) is 0.278. The number of sulfonamides is 1. The Morgan fingerprint density at radius 1 is 1.22 bits per heavy atom. The molecule has 144 valence electrons. The number of carbonyl (C=O) groups is 1. The molecule has 1 heterocycles. The maximum Gasteiger partial charge on any atom is 0.251 e. The third-order valence-corrected chi connectivity index (χ3v) is 5.35. The second-order valence-corrected chi connectivity index (χ2v) is 7.85. The molecule has 9 heteroatoms. The summed E-state index contributed by atoms with van der Waals surface area (Å²) in [4.78, 5) is 12.5. The molecule has 2 aromatic rings. The standard InChI is InChI=1S/C18H22N4O4S/c1-26-17-8-13(5-6-16(17)14-10-21-22-11-14)18(23)20-9-12-3-2-4-15(7-12)27(19,24)25/h2-8,14,21-22H,9-11H2,1H3,(H,20,23)(H2,19,24,25). The van der Waals surface area contributed by atoms with Crippen LogP contribution in [0.2, 0.25) is 0 Å². The summed E-state index contributed by atoms with van der Waals surface area (Å²) in [5, 5.41) is 7.91. The molecule has 1 saturated heterocycles. The maximum absolute atomic E-state index is 12.5. The average Bonchev–Trinajstić information content (AvgIpc) is 3.19. The van der Waals surface area contributed by atoms with Gasteiger partial charge in [-0.2, -0.15) is 0 Å². The number of hydrazine groups is 1. The molecule has 0 aromatic heterocycles. The van der Waals surface area contributed by atoms with Gasteiger partial charge in [-0.05, 0) is 35.4 Å². The zero-order valence-electron chi connectivity index (χ0n) is 14.9. The van der Waals surface area contributed by atoms with E-state index in [-0.39, 0.29) is 23.3 Å². The van der Waals surface area contributed by atoms with Crippen LogP contribution in [0.4, 0.5) is 0 Å². The van der Waals surface area contributed by atoms with Gasteiger partial charge < -0.3 is 10.1 Å². The van der Waals surface area contributed by atoms with E-state index < -0.39 is 10.0 Å². The molecular weight excluding hydrogens is 368 g/mol. The number of ether oxygens (including phenoxy) is 1. The summed E-state index contributed by atoms with van der Waals surface area (Å²) in [7, 11) is -2.20. The van der Waals surface area contributed by atoms with E-state index in [0.29, 0.717) is 16.9 Å². The summed E-state index contributed by atoms with van der Waals surface area (Å²) in [6.45, 7) is 1.77. The van der Waals surface area contributed by atoms with Crippen molar-refractivity contribution in [3.63, 3.8) is 0 Å². The van der Waals surface area contributed by atoms with Gasteiger partial charge in [-0.25, -0.2) is 13.6 Å². The van der Waals surface area contributed by atoms with Gasteiger partial charge in [0.25, 0.3) is 5.91 Å². The Balaban J connectivity index is 1.71. The first-order valence-corrected chi connectivity index (χ1v) is 9.96. The number of benzene rings is 2. The van der Waals surface area contributed by atoms with Crippen molar-refractivity contribution in [1.29, 1.82) is 0 Å². The predicted molar refractivity (Wildman–Crippen MR) is 101 cm³/mol. The van der Waals surface area contributed by atoms with Crippen molar-refractivity contribution in [1.82, 2.24) is 16.2 Å². The summed E-state index contributed by atoms with van der Waals surface area (Å²) in [5.41, 5.74) is 8.30. The van der Waals surface area contributed by atoms with Crippen LogP contribution >= 0.6 is 0 Å². The van der Waals surface area contributed by atoms with Gasteiger partial charge in [0.2, 0.25) is 10.0 Å². The van der Waals surface area contributed by atoms with Gasteiger partial charge in [0.15, 0.2) is 0 Å². The van der Waals surface area contributed by atoms with Crippen LogP contribution in [-0.4, -0.2) is 34.5 Å². The fourth-order valence-corrected chi connectivity index (χ4v) is 3.57. The number of methoxy groups -OCH3 is 1. The van der Waals surface area contributed by atoms with Gasteiger partial charge in [-0.3, -0.25) is 15.6 Å². The largest absolute Gasteiger partial charge is 0.496 e. The Morgan fingerprint density at radius 3 is 2.63 bits per heavy atom. The van der Waals surface area contributed by atoms with E-state index in [9.17, 15) is 13.2 Å². The van der Waals surface area contributed by atoms with E-state index in [0.717, 1.165) is 18.7 Å². The molecule has 5 N–H and O–H groups in total. The van der Waals surface area contributed by atoms with Crippen LogP contribution < -0.4 is 26.0 Å². The summed E-state index contributed by atoms with van der Waals surface area (Å²) in [5.74, 6) is 0.663. The van der Waals surface area contributed by atoms with Crippen LogP contribution in [0.15, 0.2) is 47.4 Å². The smallest absolute Gasteiger partial charge is 0.251 e. The lowest BCUT2D eigenvalue weighted by Crippen LogP contribution is -2.23. The SMILES string of the molecule is COc1cc(C(=O)NCc2cccc(S(N)(=O)=O)c2)ccc1C1CNNC1. The highest BCUT2D eigenvalue weighted by Gasteiger charge is 2.21. The summed E-state index contributed by atoms with van der Waals surface area (Å²) < 4.78 is 28.3. The molecule has 1 amide bonds. The number of carbonyl (C=O) groups excluding carboxylic acids is 1. The predicted octanol–water partition coefficient (Wildman–Crippen LogP) is 0.464. The molecule has 3 rings (SSSR count). The van der Waals surface area contributed by atoms with Crippen LogP contribution in [0.3, 0.4) is 0 Å². The molecule has 1 aliphatic heterocycles. The van der Waals surface area contributed by atoms with Crippen LogP contribution in [0.25, 0.3) is 0 Å². The minimum absolute atomic E-state index is 0.0130. The van der Waals surface area contributed by atoms with Gasteiger partial charge in [-0.1, -0.05) is 18.2 Å². The normalized spacial score (nSPS) is 14.9. The Hall–Kier alpha value is -2.46. The van der Waals surface area contributed by atoms with Crippen molar-refractivity contribution < 1.29 is 17.9 Å². The molecule has 1 aliphatic rings. The van der Waals surface area contributed by atoms with E-state index in [1.807, 2.05) is 6.07 Å². The maximum atomic E-state index is 12.5. The van der Waals surface area contributed by atoms with Gasteiger partial charge in [0.1, 0.15) is 5.75 Å². The van der Waals surface area contributed by atoms with E-state index >= 15 is 0 Å². The Kier molecular flexibility index (Phi) is 5.76. The van der Waals surface area contributed by atoms with Crippen molar-refractivity contribution in [2.24, 2.45) is 5.14 Å². The fourth-order valence-electron chi connectivity index (χ4n) is 2.99. The van der Waals surface area contributed by atoms with E-state index in [1.54, 1.807) is 31.4 Å². The number of nitrogens with two attached hydrogens (primary N) is 1. The minimum atomic E-state index is -3.78. The number of hydrogen-bond donors (Lipinski definition) is 4. The molecule has 8 nitrogen and oxygen atoms in total. The van der Waals surface area contributed by atoms with E-state index in [1.165, 1.54) is 12.1 Å². The lowest BCUT2D eigenvalue weighted by molar-refractivity contribution is 0.0950. The Morgan fingerprint density at radius 2 is 1.96 bits per heavy atom. The lowest BCUT2D eigenvalue weighted by atomic mass is 9.97. The van der Waals surface area contributed by atoms with Crippen LogP contribution in [-0.2, 0) is 16.6 Å². The van der Waals surface area contributed by atoms with Crippen molar-refractivity contribution >= 4 is 15.9 Å². The molecule has 0 spiro atoms. The number of amides is 1. The zero-order valence-corrected chi connectivity index (χ0v) is 15.7. The number of nitrogens with one attached hydrogen (secondary N) is 3. The first-order valence-electron chi connectivity index (χ1n) is 8.42. The van der Waals surface area contributed by atoms with E-state index in [2.05, 4.69) is 16.2 Å². The molecule has 0 saturated carbocycles. The van der Waals surface area contributed by atoms with Crippen LogP contribution in [0.1, 0.15) is 27.4 Å². The molecule has 2 aromatic carbocycles. The van der Waals surface area contributed by atoms with Gasteiger partial charge in [-0.15, -0.1) is 0 Å². The third kappa shape index (κ3) is 4.64. The quantitative estimate of drug-likeness (QED) is 0.569. The minimum Gasteiger partial charge on any atom is -0.496 e. The van der Waals surface area contributed by atoms with Crippen LogP contribution in [0, 0.1) is 0 Å². The molecule has 0 aliphatic carbocycles. The first-order chi connectivity index (χ1) is 12.9. The molecular formula is C18H22N4O4S. The molecule has 27 heavy (non-hydrogen) atoms. The topological polar surface area (TPSA) is 123 Å². The third-order valence-electron chi connectivity index (χ3n) is 4.44. The highest BCUT2D eigenvalue weighted by atomic mass is 32.2. The highest BCUT2D eigenvalue weighted by molar-refractivity contribution is 7.89. The van der Waals surface area contributed by atoms with Crippen molar-refractivity contribution in [2.75, 3.05) is 20.2 Å². The monoisotopic (exact) mass is 390 g/mol. The molecule has 0 bridgehead atoms. The molecule has 0 unspecified atom stereocenters. The van der Waals surface area contributed by atoms with Gasteiger partial charge in [0, 0.05) is 31.1 Å². The number of primary sulfonamides is 1. The molecule has 1 fully saturated rings. The highest BCUT2D eigenvalue weighted by Crippen LogP contribution is 2.28.